The Balaban J connectivity index is 2.23. The summed E-state index contributed by atoms with van der Waals surface area (Å²) in [6.45, 7) is 2.21. The van der Waals surface area contributed by atoms with E-state index in [-0.39, 0.29) is 11.3 Å². The first-order chi connectivity index (χ1) is 14.8. The minimum atomic E-state index is -0.532. The van der Waals surface area contributed by atoms with Gasteiger partial charge in [0.15, 0.2) is 5.43 Å². The second-order valence-electron chi connectivity index (χ2n) is 7.67. The second kappa shape index (κ2) is 9.98. The number of hydrogen-bond acceptors (Lipinski definition) is 5. The van der Waals surface area contributed by atoms with Gasteiger partial charge in [-0.25, -0.2) is 0 Å². The van der Waals surface area contributed by atoms with Gasteiger partial charge in [0.05, 0.1) is 12.5 Å². The van der Waals surface area contributed by atoms with Crippen LogP contribution in [0.4, 0.5) is 0 Å². The molecule has 2 atom stereocenters. The SMILES string of the molecule is COc1cccc(Cc2c(C(CCCN)C(C)C(N)=O)oc3cc(Cl)ccc3c2=O)c1. The molecule has 0 spiro atoms. The van der Waals surface area contributed by atoms with Crippen molar-refractivity contribution in [2.45, 2.75) is 32.1 Å². The summed E-state index contributed by atoms with van der Waals surface area (Å²) in [5.41, 5.74) is 13.0. The molecule has 6 nitrogen and oxygen atoms in total. The zero-order chi connectivity index (χ0) is 22.5. The predicted molar refractivity (Wildman–Crippen MR) is 123 cm³/mol. The summed E-state index contributed by atoms with van der Waals surface area (Å²) >= 11 is 6.14. The van der Waals surface area contributed by atoms with E-state index in [1.54, 1.807) is 32.2 Å². The van der Waals surface area contributed by atoms with E-state index in [0.29, 0.717) is 58.9 Å². The largest absolute Gasteiger partial charge is 0.497 e. The second-order valence-corrected chi connectivity index (χ2v) is 8.11. The Morgan fingerprint density at radius 1 is 1.23 bits per heavy atom. The first-order valence-electron chi connectivity index (χ1n) is 10.2. The first kappa shape index (κ1) is 22.8. The van der Waals surface area contributed by atoms with Crippen LogP contribution >= 0.6 is 11.6 Å². The van der Waals surface area contributed by atoms with Gasteiger partial charge in [-0.1, -0.05) is 30.7 Å². The number of amides is 1. The number of carbonyl (C=O) groups excluding carboxylic acids is 1. The van der Waals surface area contributed by atoms with Crippen LogP contribution in [-0.4, -0.2) is 19.6 Å². The van der Waals surface area contributed by atoms with E-state index in [9.17, 15) is 9.59 Å². The minimum Gasteiger partial charge on any atom is -0.497 e. The van der Waals surface area contributed by atoms with Gasteiger partial charge in [-0.15, -0.1) is 0 Å². The van der Waals surface area contributed by atoms with Crippen molar-refractivity contribution in [1.29, 1.82) is 0 Å². The van der Waals surface area contributed by atoms with Crippen LogP contribution in [0.5, 0.6) is 5.75 Å². The average Bonchev–Trinajstić information content (AvgIpc) is 2.76. The lowest BCUT2D eigenvalue weighted by molar-refractivity contribution is -0.122. The molecule has 0 fully saturated rings. The molecule has 0 bridgehead atoms. The standard InChI is InChI=1S/C24H27ClN2O4/c1-14(24(27)29)18(7-4-10-26)23-20(12-15-5-3-6-17(11-15)30-2)22(28)19-9-8-16(25)13-21(19)31-23/h3,5-6,8-9,11,13-14,18H,4,7,10,12,26H2,1-2H3,(H2,27,29). The number of carbonyl (C=O) groups is 1. The molecule has 31 heavy (non-hydrogen) atoms. The van der Waals surface area contributed by atoms with Crippen LogP contribution in [-0.2, 0) is 11.2 Å². The molecule has 0 aliphatic heterocycles. The van der Waals surface area contributed by atoms with Crippen molar-refractivity contribution >= 4 is 28.5 Å². The van der Waals surface area contributed by atoms with Gasteiger partial charge >= 0.3 is 0 Å². The maximum absolute atomic E-state index is 13.5. The summed E-state index contributed by atoms with van der Waals surface area (Å²) in [4.78, 5) is 25.6. The number of ether oxygens (including phenoxy) is 1. The third-order valence-electron chi connectivity index (χ3n) is 5.60. The van der Waals surface area contributed by atoms with Crippen LogP contribution < -0.4 is 21.6 Å². The third-order valence-corrected chi connectivity index (χ3v) is 5.84. The van der Waals surface area contributed by atoms with Crippen LogP contribution in [0, 0.1) is 5.92 Å². The number of primary amides is 1. The summed E-state index contributed by atoms with van der Waals surface area (Å²) in [6.07, 6.45) is 1.57. The Labute approximate surface area is 186 Å². The van der Waals surface area contributed by atoms with E-state index in [2.05, 4.69) is 0 Å². The highest BCUT2D eigenvalue weighted by Crippen LogP contribution is 2.34. The Hall–Kier alpha value is -2.83. The van der Waals surface area contributed by atoms with Gasteiger partial charge < -0.3 is 20.6 Å². The van der Waals surface area contributed by atoms with E-state index in [1.165, 1.54) is 0 Å². The highest BCUT2D eigenvalue weighted by atomic mass is 35.5. The Morgan fingerprint density at radius 3 is 2.68 bits per heavy atom. The molecule has 1 aromatic heterocycles. The molecule has 164 valence electrons. The maximum Gasteiger partial charge on any atom is 0.220 e. The van der Waals surface area contributed by atoms with E-state index < -0.39 is 11.8 Å². The number of halogens is 1. The predicted octanol–water partition coefficient (Wildman–Crippen LogP) is 3.99. The number of rotatable bonds is 9. The van der Waals surface area contributed by atoms with E-state index in [4.69, 9.17) is 32.2 Å². The molecule has 1 amide bonds. The minimum absolute atomic E-state index is 0.148. The third kappa shape index (κ3) is 5.09. The highest BCUT2D eigenvalue weighted by Gasteiger charge is 2.30. The molecular weight excluding hydrogens is 416 g/mol. The van der Waals surface area contributed by atoms with E-state index in [0.717, 1.165) is 5.56 Å². The number of hydrogen-bond donors (Lipinski definition) is 2. The summed E-state index contributed by atoms with van der Waals surface area (Å²) in [7, 11) is 1.59. The van der Waals surface area contributed by atoms with Gasteiger partial charge in [-0.2, -0.15) is 0 Å². The number of benzene rings is 2. The Kier molecular flexibility index (Phi) is 7.36. The van der Waals surface area contributed by atoms with Crippen LogP contribution in [0.1, 0.15) is 42.6 Å². The molecule has 0 saturated heterocycles. The molecule has 2 unspecified atom stereocenters. The molecule has 2 aromatic carbocycles. The van der Waals surface area contributed by atoms with Gasteiger partial charge in [0.1, 0.15) is 17.1 Å². The van der Waals surface area contributed by atoms with Gasteiger partial charge in [0, 0.05) is 34.9 Å². The average molecular weight is 443 g/mol. The lowest BCUT2D eigenvalue weighted by Gasteiger charge is -2.23. The van der Waals surface area contributed by atoms with Crippen LogP contribution in [0.25, 0.3) is 11.0 Å². The molecule has 3 aromatic rings. The molecule has 0 aliphatic rings. The van der Waals surface area contributed by atoms with Crippen molar-refractivity contribution in [1.82, 2.24) is 0 Å². The van der Waals surface area contributed by atoms with Crippen LogP contribution in [0.3, 0.4) is 0 Å². The fraction of sp³-hybridized carbons (Fsp3) is 0.333. The number of fused-ring (bicyclic) bond motifs is 1. The van der Waals surface area contributed by atoms with Gasteiger partial charge in [0.25, 0.3) is 0 Å². The number of methoxy groups -OCH3 is 1. The van der Waals surface area contributed by atoms with Gasteiger partial charge in [0.2, 0.25) is 5.91 Å². The molecule has 3 rings (SSSR count). The maximum atomic E-state index is 13.5. The summed E-state index contributed by atoms with van der Waals surface area (Å²) in [5.74, 6) is -0.208. The van der Waals surface area contributed by atoms with Crippen molar-refractivity contribution < 1.29 is 13.9 Å². The molecule has 1 heterocycles. The fourth-order valence-electron chi connectivity index (χ4n) is 3.82. The molecule has 0 saturated carbocycles. The lowest BCUT2D eigenvalue weighted by atomic mass is 9.83. The summed E-state index contributed by atoms with van der Waals surface area (Å²) in [6, 6.07) is 12.4. The topological polar surface area (TPSA) is 109 Å². The normalized spacial score (nSPS) is 13.2. The smallest absolute Gasteiger partial charge is 0.220 e. The lowest BCUT2D eigenvalue weighted by Crippen LogP contribution is -2.29. The summed E-state index contributed by atoms with van der Waals surface area (Å²) < 4.78 is 11.6. The zero-order valence-electron chi connectivity index (χ0n) is 17.7. The summed E-state index contributed by atoms with van der Waals surface area (Å²) in [5, 5.41) is 0.902. The Morgan fingerprint density at radius 2 is 2.00 bits per heavy atom. The zero-order valence-corrected chi connectivity index (χ0v) is 18.4. The first-order valence-corrected chi connectivity index (χ1v) is 10.6. The molecule has 7 heteroatoms. The molecule has 4 N–H and O–H groups in total. The monoisotopic (exact) mass is 442 g/mol. The van der Waals surface area contributed by atoms with E-state index >= 15 is 0 Å². The number of nitrogens with two attached hydrogens (primary N) is 2. The van der Waals surface area contributed by atoms with Crippen LogP contribution in [0.15, 0.2) is 51.7 Å². The van der Waals surface area contributed by atoms with Crippen molar-refractivity contribution in [3.8, 4) is 5.75 Å². The van der Waals surface area contributed by atoms with E-state index in [1.807, 2.05) is 24.3 Å². The Bertz CT molecular complexity index is 1140. The molecular formula is C24H27ClN2O4. The molecule has 0 aliphatic carbocycles. The fourth-order valence-corrected chi connectivity index (χ4v) is 3.98. The van der Waals surface area contributed by atoms with Gasteiger partial charge in [-0.05, 0) is 49.2 Å². The van der Waals surface area contributed by atoms with Crippen molar-refractivity contribution in [2.75, 3.05) is 13.7 Å². The van der Waals surface area contributed by atoms with Gasteiger partial charge in [-0.3, -0.25) is 9.59 Å². The highest BCUT2D eigenvalue weighted by molar-refractivity contribution is 6.31. The van der Waals surface area contributed by atoms with Crippen LogP contribution in [0.2, 0.25) is 5.02 Å². The molecule has 0 radical (unpaired) electrons. The van der Waals surface area contributed by atoms with Crippen molar-refractivity contribution in [2.24, 2.45) is 17.4 Å². The quantitative estimate of drug-likeness (QED) is 0.520. The van der Waals surface area contributed by atoms with Crippen molar-refractivity contribution in [3.63, 3.8) is 0 Å². The van der Waals surface area contributed by atoms with Crippen molar-refractivity contribution in [3.05, 3.63) is 74.6 Å².